The number of nitrogens with zero attached hydrogens (tertiary/aromatic N) is 4. The van der Waals surface area contributed by atoms with Crippen molar-refractivity contribution in [3.05, 3.63) is 70.5 Å². The van der Waals surface area contributed by atoms with Gasteiger partial charge in [0.15, 0.2) is 0 Å². The highest BCUT2D eigenvalue weighted by Gasteiger charge is 2.43. The van der Waals surface area contributed by atoms with Gasteiger partial charge in [0.25, 0.3) is 11.8 Å². The molecular formula is C39H45N5O6S. The van der Waals surface area contributed by atoms with Crippen molar-refractivity contribution in [2.45, 2.75) is 95.7 Å². The summed E-state index contributed by atoms with van der Waals surface area (Å²) in [4.78, 5) is 29.7. The molecule has 268 valence electrons. The van der Waals surface area contributed by atoms with Crippen LogP contribution in [0.15, 0.2) is 42.6 Å². The van der Waals surface area contributed by atoms with Crippen LogP contribution in [0.4, 0.5) is 0 Å². The highest BCUT2D eigenvalue weighted by atomic mass is 32.2. The Morgan fingerprint density at radius 3 is 2.57 bits per heavy atom. The minimum atomic E-state index is -3.83. The van der Waals surface area contributed by atoms with Crippen molar-refractivity contribution in [3.8, 4) is 17.0 Å². The van der Waals surface area contributed by atoms with Crippen molar-refractivity contribution < 1.29 is 27.5 Å². The van der Waals surface area contributed by atoms with Crippen molar-refractivity contribution in [1.82, 2.24) is 24.0 Å². The number of sulfonamides is 1. The Bertz CT molecular complexity index is 2190. The molecule has 3 aliphatic heterocycles. The highest BCUT2D eigenvalue weighted by Crippen LogP contribution is 2.48. The van der Waals surface area contributed by atoms with Crippen molar-refractivity contribution in [2.75, 3.05) is 20.3 Å². The molecule has 2 bridgehead atoms. The standard InChI is InChI=1S/C39H45N5O6S/c1-5-44-36(33(19-40-44)39(46)42-21-30-18-28(42)22-50-30)27-15-26-16-29(49-4)12-14-31(26)37-35(24-9-7-6-8-10-24)32-13-11-25(17-34(32)43(37)20-27)38(45)41-51(47,48)23(2)3/h11-17,19,23-24,28,30H,5-10,18,20-22H2,1-4H3,(H,41,45)/t28-,30-/m0/s1. The number of ether oxygens (including phenoxy) is 2. The van der Waals surface area contributed by atoms with Crippen LogP contribution in [-0.4, -0.2) is 77.1 Å². The molecule has 3 fully saturated rings. The van der Waals surface area contributed by atoms with Gasteiger partial charge < -0.3 is 18.9 Å². The maximum Gasteiger partial charge on any atom is 0.264 e. The van der Waals surface area contributed by atoms with Crippen LogP contribution in [0, 0.1) is 0 Å². The van der Waals surface area contributed by atoms with Gasteiger partial charge in [0.2, 0.25) is 10.0 Å². The number of morpholine rings is 1. The van der Waals surface area contributed by atoms with Crippen molar-refractivity contribution in [2.24, 2.45) is 0 Å². The second-order valence-electron chi connectivity index (χ2n) is 14.6. The summed E-state index contributed by atoms with van der Waals surface area (Å²) < 4.78 is 43.4. The summed E-state index contributed by atoms with van der Waals surface area (Å²) in [5.41, 5.74) is 7.71. The average molecular weight is 712 g/mol. The smallest absolute Gasteiger partial charge is 0.264 e. The van der Waals surface area contributed by atoms with E-state index in [2.05, 4.69) is 21.4 Å². The molecular weight excluding hydrogens is 667 g/mol. The summed E-state index contributed by atoms with van der Waals surface area (Å²) in [7, 11) is -2.17. The maximum atomic E-state index is 14.3. The molecule has 2 amide bonds. The lowest BCUT2D eigenvalue weighted by Crippen LogP contribution is -2.41. The molecule has 2 aromatic carbocycles. The second kappa shape index (κ2) is 13.0. The first-order valence-electron chi connectivity index (χ1n) is 18.2. The Hall–Kier alpha value is -4.42. The number of hydrogen-bond donors (Lipinski definition) is 1. The summed E-state index contributed by atoms with van der Waals surface area (Å²) in [5.74, 6) is 0.353. The zero-order chi connectivity index (χ0) is 35.6. The Morgan fingerprint density at radius 1 is 1.08 bits per heavy atom. The third-order valence-corrected chi connectivity index (χ3v) is 13.0. The number of amides is 2. The Balaban J connectivity index is 1.34. The van der Waals surface area contributed by atoms with Crippen LogP contribution in [0.25, 0.3) is 33.8 Å². The van der Waals surface area contributed by atoms with E-state index in [1.54, 1.807) is 33.2 Å². The molecule has 2 saturated heterocycles. The maximum absolute atomic E-state index is 14.3. The van der Waals surface area contributed by atoms with E-state index in [1.807, 2.05) is 40.8 Å². The van der Waals surface area contributed by atoms with Gasteiger partial charge in [-0.1, -0.05) is 25.3 Å². The molecule has 12 heteroatoms. The van der Waals surface area contributed by atoms with Gasteiger partial charge in [0.05, 0.1) is 60.8 Å². The molecule has 0 radical (unpaired) electrons. The predicted molar refractivity (Wildman–Crippen MR) is 196 cm³/mol. The number of carbonyl (C=O) groups is 2. The van der Waals surface area contributed by atoms with Crippen molar-refractivity contribution >= 4 is 44.4 Å². The molecule has 4 aromatic rings. The monoisotopic (exact) mass is 711 g/mol. The summed E-state index contributed by atoms with van der Waals surface area (Å²) in [6, 6.07) is 11.8. The Morgan fingerprint density at radius 2 is 1.88 bits per heavy atom. The lowest BCUT2D eigenvalue weighted by atomic mass is 9.81. The Labute approximate surface area is 298 Å². The predicted octanol–water partition coefficient (Wildman–Crippen LogP) is 6.22. The van der Waals surface area contributed by atoms with Crippen LogP contribution in [-0.2, 0) is 27.8 Å². The first-order valence-corrected chi connectivity index (χ1v) is 19.7. The Kier molecular flexibility index (Phi) is 8.57. The fraction of sp³-hybridized carbons (Fsp3) is 0.462. The molecule has 8 rings (SSSR count). The number of allylic oxidation sites excluding steroid dienone is 1. The van der Waals surface area contributed by atoms with Gasteiger partial charge in [-0.3, -0.25) is 14.3 Å². The number of likely N-dealkylation sites (tertiary alicyclic amines) is 1. The first kappa shape index (κ1) is 33.7. The van der Waals surface area contributed by atoms with Crippen LogP contribution in [0.1, 0.15) is 103 Å². The molecule has 0 unspecified atom stereocenters. The zero-order valence-electron chi connectivity index (χ0n) is 29.6. The first-order chi connectivity index (χ1) is 24.6. The molecule has 1 saturated carbocycles. The topological polar surface area (TPSA) is 125 Å². The van der Waals surface area contributed by atoms with Crippen LogP contribution < -0.4 is 9.46 Å². The van der Waals surface area contributed by atoms with Crippen LogP contribution in [0.2, 0.25) is 0 Å². The molecule has 2 aromatic heterocycles. The number of aromatic nitrogens is 3. The van der Waals surface area contributed by atoms with Crippen LogP contribution in [0.3, 0.4) is 0 Å². The molecule has 0 spiro atoms. The normalized spacial score (nSPS) is 20.3. The largest absolute Gasteiger partial charge is 0.497 e. The number of hydrogen-bond acceptors (Lipinski definition) is 7. The van der Waals surface area contributed by atoms with E-state index in [-0.39, 0.29) is 23.6 Å². The average Bonchev–Trinajstić information content (AvgIpc) is 3.92. The van der Waals surface area contributed by atoms with Gasteiger partial charge >= 0.3 is 0 Å². The lowest BCUT2D eigenvalue weighted by molar-refractivity contribution is 0.0259. The van der Waals surface area contributed by atoms with E-state index in [0.717, 1.165) is 76.8 Å². The van der Waals surface area contributed by atoms with Crippen molar-refractivity contribution in [1.29, 1.82) is 0 Å². The molecule has 4 aliphatic rings. The van der Waals surface area contributed by atoms with E-state index in [1.165, 1.54) is 12.0 Å². The van der Waals surface area contributed by atoms with E-state index in [4.69, 9.17) is 14.6 Å². The van der Waals surface area contributed by atoms with Gasteiger partial charge in [-0.05, 0) is 99.1 Å². The SMILES string of the molecule is CCn1ncc(C(=O)N2C[C@@H]3C[C@H]2CO3)c1C1=Cc2cc(OC)ccc2-c2c(C3CCCCC3)c3ccc(C(=O)NS(=O)(=O)C(C)C)cc3n2C1. The number of carbonyl (C=O) groups excluding carboxylic acids is 2. The van der Waals surface area contributed by atoms with E-state index in [9.17, 15) is 18.0 Å². The third kappa shape index (κ3) is 5.76. The van der Waals surface area contributed by atoms with Crippen molar-refractivity contribution in [3.63, 3.8) is 0 Å². The molecule has 1 N–H and O–H groups in total. The third-order valence-electron chi connectivity index (χ3n) is 11.2. The second-order valence-corrected chi connectivity index (χ2v) is 16.8. The molecule has 2 atom stereocenters. The molecule has 1 aliphatic carbocycles. The fourth-order valence-electron chi connectivity index (χ4n) is 8.56. The van der Waals surface area contributed by atoms with Gasteiger partial charge in [0.1, 0.15) is 5.75 Å². The number of rotatable bonds is 8. The summed E-state index contributed by atoms with van der Waals surface area (Å²) in [6.07, 6.45) is 10.4. The van der Waals surface area contributed by atoms with E-state index < -0.39 is 21.2 Å². The van der Waals surface area contributed by atoms with Gasteiger partial charge in [-0.2, -0.15) is 5.10 Å². The number of aryl methyl sites for hydroxylation is 1. The van der Waals surface area contributed by atoms with E-state index in [0.29, 0.717) is 37.7 Å². The quantitative estimate of drug-likeness (QED) is 0.230. The molecule has 11 nitrogen and oxygen atoms in total. The van der Waals surface area contributed by atoms with Crippen LogP contribution >= 0.6 is 0 Å². The van der Waals surface area contributed by atoms with Crippen LogP contribution in [0.5, 0.6) is 5.75 Å². The zero-order valence-corrected chi connectivity index (χ0v) is 30.5. The lowest BCUT2D eigenvalue weighted by Gasteiger charge is -2.27. The molecule has 51 heavy (non-hydrogen) atoms. The fourth-order valence-corrected chi connectivity index (χ4v) is 9.17. The van der Waals surface area contributed by atoms with Gasteiger partial charge in [0, 0.05) is 35.1 Å². The van der Waals surface area contributed by atoms with Gasteiger partial charge in [-0.15, -0.1) is 0 Å². The minimum absolute atomic E-state index is 0.0395. The number of benzene rings is 2. The summed E-state index contributed by atoms with van der Waals surface area (Å²) in [6.45, 7) is 7.23. The van der Waals surface area contributed by atoms with Gasteiger partial charge in [-0.25, -0.2) is 13.1 Å². The molecule has 5 heterocycles. The number of nitrogens with one attached hydrogen (secondary N) is 1. The summed E-state index contributed by atoms with van der Waals surface area (Å²) >= 11 is 0. The number of fused-ring (bicyclic) bond motifs is 7. The minimum Gasteiger partial charge on any atom is -0.497 e. The highest BCUT2D eigenvalue weighted by molar-refractivity contribution is 7.90. The summed E-state index contributed by atoms with van der Waals surface area (Å²) in [5, 5.41) is 5.02. The van der Waals surface area contributed by atoms with E-state index >= 15 is 0 Å². The number of methoxy groups -OCH3 is 1.